The van der Waals surface area contributed by atoms with Crippen LogP contribution in [0.5, 0.6) is 11.5 Å². The molecule has 0 fully saturated rings. The van der Waals surface area contributed by atoms with Crippen molar-refractivity contribution < 1.29 is 24.9 Å². The Morgan fingerprint density at radius 1 is 1.24 bits per heavy atom. The topological polar surface area (TPSA) is 94.8 Å². The summed E-state index contributed by atoms with van der Waals surface area (Å²) in [6, 6.07) is 2.35. The van der Waals surface area contributed by atoms with Gasteiger partial charge >= 0.3 is 0 Å². The molecule has 0 radical (unpaired) electrons. The molecule has 1 aliphatic rings. The fraction of sp³-hybridized carbons (Fsp3) is 0.375. The molecule has 1 unspecified atom stereocenters. The first-order valence-corrected chi connectivity index (χ1v) is 6.76. The zero-order chi connectivity index (χ0) is 15.7. The van der Waals surface area contributed by atoms with E-state index in [0.717, 1.165) is 5.57 Å². The van der Waals surface area contributed by atoms with Crippen LogP contribution < -0.4 is 0 Å². The fourth-order valence-corrected chi connectivity index (χ4v) is 2.52. The second-order valence-corrected chi connectivity index (χ2v) is 5.54. The summed E-state index contributed by atoms with van der Waals surface area (Å²) in [5.74, 6) is -2.51. The third kappa shape index (κ3) is 2.83. The molecule has 0 saturated carbocycles. The van der Waals surface area contributed by atoms with Gasteiger partial charge in [-0.2, -0.15) is 0 Å². The standard InChI is InChI=1S/C16H18O5/c1-8(2)3-4-10(17)9-7-13(20)14-11(18)5-6-12(19)15(14)16(9)21/h3,5-6,9-10,17-19H,4,7H2,1-2H3/t9?,10-/m1/s1. The normalized spacial score (nSPS) is 19.1. The molecule has 3 N–H and O–H groups in total. The van der Waals surface area contributed by atoms with Crippen molar-refractivity contribution in [3.05, 3.63) is 34.9 Å². The maximum absolute atomic E-state index is 12.4. The van der Waals surface area contributed by atoms with Crippen molar-refractivity contribution in [1.82, 2.24) is 0 Å². The highest BCUT2D eigenvalue weighted by Crippen LogP contribution is 2.38. The number of ketones is 2. The summed E-state index contributed by atoms with van der Waals surface area (Å²) in [4.78, 5) is 24.5. The van der Waals surface area contributed by atoms with Crippen LogP contribution >= 0.6 is 0 Å². The first kappa shape index (κ1) is 15.3. The quantitative estimate of drug-likeness (QED) is 0.586. The van der Waals surface area contributed by atoms with Crippen LogP contribution in [0.1, 0.15) is 47.4 Å². The van der Waals surface area contributed by atoms with Gasteiger partial charge in [0.1, 0.15) is 11.5 Å². The lowest BCUT2D eigenvalue weighted by Gasteiger charge is -2.26. The van der Waals surface area contributed by atoms with E-state index in [0.29, 0.717) is 0 Å². The number of phenolic OH excluding ortho intramolecular Hbond substituents is 2. The lowest BCUT2D eigenvalue weighted by molar-refractivity contribution is 0.0592. The number of aromatic hydroxyl groups is 2. The van der Waals surface area contributed by atoms with Crippen LogP contribution in [0.4, 0.5) is 0 Å². The van der Waals surface area contributed by atoms with Gasteiger partial charge in [0.2, 0.25) is 0 Å². The predicted octanol–water partition coefficient (Wildman–Crippen LogP) is 2.20. The van der Waals surface area contributed by atoms with Gasteiger partial charge in [-0.25, -0.2) is 0 Å². The van der Waals surface area contributed by atoms with Gasteiger partial charge < -0.3 is 15.3 Å². The van der Waals surface area contributed by atoms with E-state index in [2.05, 4.69) is 0 Å². The molecule has 5 nitrogen and oxygen atoms in total. The van der Waals surface area contributed by atoms with E-state index in [4.69, 9.17) is 0 Å². The molecule has 21 heavy (non-hydrogen) atoms. The van der Waals surface area contributed by atoms with Crippen LogP contribution in [0, 0.1) is 5.92 Å². The lowest BCUT2D eigenvalue weighted by Crippen LogP contribution is -2.35. The first-order valence-electron chi connectivity index (χ1n) is 6.76. The number of rotatable bonds is 3. The van der Waals surface area contributed by atoms with E-state index in [1.807, 2.05) is 13.8 Å². The minimum Gasteiger partial charge on any atom is -0.507 e. The minimum absolute atomic E-state index is 0.148. The fourth-order valence-electron chi connectivity index (χ4n) is 2.52. The summed E-state index contributed by atoms with van der Waals surface area (Å²) in [5, 5.41) is 29.7. The highest BCUT2D eigenvalue weighted by molar-refractivity contribution is 6.17. The first-order chi connectivity index (χ1) is 9.82. The molecule has 0 heterocycles. The summed E-state index contributed by atoms with van der Waals surface area (Å²) in [6.07, 6.45) is 0.896. The Morgan fingerprint density at radius 2 is 1.81 bits per heavy atom. The number of Topliss-reactive ketones (excluding diaryl/α,β-unsaturated/α-hetero) is 2. The van der Waals surface area contributed by atoms with Gasteiger partial charge in [-0.05, 0) is 32.4 Å². The van der Waals surface area contributed by atoms with Crippen molar-refractivity contribution in [3.63, 3.8) is 0 Å². The number of carbonyl (C=O) groups is 2. The second kappa shape index (κ2) is 5.69. The average Bonchev–Trinajstić information content (AvgIpc) is 2.42. The Bertz CT molecular complexity index is 626. The number of fused-ring (bicyclic) bond motifs is 1. The van der Waals surface area contributed by atoms with Gasteiger partial charge in [0.05, 0.1) is 23.1 Å². The van der Waals surface area contributed by atoms with Crippen molar-refractivity contribution in [1.29, 1.82) is 0 Å². The molecule has 0 aromatic heterocycles. The molecule has 2 atom stereocenters. The molecule has 1 aliphatic carbocycles. The average molecular weight is 290 g/mol. The van der Waals surface area contributed by atoms with E-state index in [1.54, 1.807) is 6.08 Å². The van der Waals surface area contributed by atoms with E-state index >= 15 is 0 Å². The lowest BCUT2D eigenvalue weighted by atomic mass is 9.77. The van der Waals surface area contributed by atoms with E-state index in [-0.39, 0.29) is 35.5 Å². The van der Waals surface area contributed by atoms with Gasteiger partial charge in [-0.1, -0.05) is 11.6 Å². The second-order valence-electron chi connectivity index (χ2n) is 5.54. The van der Waals surface area contributed by atoms with Gasteiger partial charge in [-0.15, -0.1) is 0 Å². The van der Waals surface area contributed by atoms with E-state index in [1.165, 1.54) is 12.1 Å². The summed E-state index contributed by atoms with van der Waals surface area (Å²) in [5.41, 5.74) is 0.669. The van der Waals surface area contributed by atoms with Crippen molar-refractivity contribution in [2.45, 2.75) is 32.8 Å². The summed E-state index contributed by atoms with van der Waals surface area (Å²) in [6.45, 7) is 3.75. The number of hydrogen-bond acceptors (Lipinski definition) is 5. The monoisotopic (exact) mass is 290 g/mol. The maximum Gasteiger partial charge on any atom is 0.173 e. The smallest absolute Gasteiger partial charge is 0.173 e. The summed E-state index contributed by atoms with van der Waals surface area (Å²) >= 11 is 0. The van der Waals surface area contributed by atoms with Gasteiger partial charge in [0.25, 0.3) is 0 Å². The van der Waals surface area contributed by atoms with Crippen LogP contribution in [0.2, 0.25) is 0 Å². The molecular formula is C16H18O5. The molecule has 0 bridgehead atoms. The number of allylic oxidation sites excluding steroid dienone is 1. The predicted molar refractivity (Wildman–Crippen MR) is 76.6 cm³/mol. The Hall–Kier alpha value is -2.14. The van der Waals surface area contributed by atoms with Crippen molar-refractivity contribution in [3.8, 4) is 11.5 Å². The Morgan fingerprint density at radius 3 is 2.38 bits per heavy atom. The zero-order valence-electron chi connectivity index (χ0n) is 12.0. The van der Waals surface area contributed by atoms with Crippen LogP contribution in [0.15, 0.2) is 23.8 Å². The molecule has 112 valence electrons. The van der Waals surface area contributed by atoms with Gasteiger partial charge in [0.15, 0.2) is 11.6 Å². The molecule has 0 aliphatic heterocycles. The molecule has 2 rings (SSSR count). The third-order valence-corrected chi connectivity index (χ3v) is 3.66. The largest absolute Gasteiger partial charge is 0.507 e. The van der Waals surface area contributed by atoms with Crippen molar-refractivity contribution in [2.24, 2.45) is 5.92 Å². The zero-order valence-corrected chi connectivity index (χ0v) is 12.0. The van der Waals surface area contributed by atoms with Crippen LogP contribution in [0.3, 0.4) is 0 Å². The highest BCUT2D eigenvalue weighted by Gasteiger charge is 2.39. The van der Waals surface area contributed by atoms with E-state index in [9.17, 15) is 24.9 Å². The number of aliphatic hydroxyl groups excluding tert-OH is 1. The van der Waals surface area contributed by atoms with Gasteiger partial charge in [-0.3, -0.25) is 9.59 Å². The molecular weight excluding hydrogens is 272 g/mol. The molecule has 5 heteroatoms. The third-order valence-electron chi connectivity index (χ3n) is 3.66. The summed E-state index contributed by atoms with van der Waals surface area (Å²) < 4.78 is 0. The van der Waals surface area contributed by atoms with Crippen LogP contribution in [0.25, 0.3) is 0 Å². The maximum atomic E-state index is 12.4. The molecule has 1 aromatic carbocycles. The summed E-state index contributed by atoms with van der Waals surface area (Å²) in [7, 11) is 0. The Kier molecular flexibility index (Phi) is 4.14. The SMILES string of the molecule is CC(C)=CC[C@@H](O)C1CC(=O)c2c(O)ccc(O)c2C1=O. The Labute approximate surface area is 122 Å². The number of benzene rings is 1. The number of aliphatic hydroxyl groups is 1. The number of carbonyl (C=O) groups excluding carboxylic acids is 2. The molecule has 1 aromatic rings. The van der Waals surface area contributed by atoms with Crippen LogP contribution in [-0.2, 0) is 0 Å². The number of hydrogen-bond donors (Lipinski definition) is 3. The van der Waals surface area contributed by atoms with E-state index < -0.39 is 23.6 Å². The molecule has 0 amide bonds. The molecule has 0 spiro atoms. The molecule has 0 saturated heterocycles. The van der Waals surface area contributed by atoms with Crippen molar-refractivity contribution in [2.75, 3.05) is 0 Å². The Balaban J connectivity index is 2.39. The van der Waals surface area contributed by atoms with Crippen LogP contribution in [-0.4, -0.2) is 33.0 Å². The van der Waals surface area contributed by atoms with Gasteiger partial charge in [0, 0.05) is 6.42 Å². The highest BCUT2D eigenvalue weighted by atomic mass is 16.3. The van der Waals surface area contributed by atoms with Crippen molar-refractivity contribution >= 4 is 11.6 Å². The number of phenols is 2. The minimum atomic E-state index is -0.994.